The number of nitrogens with one attached hydrogen (secondary N) is 2. The first-order chi connectivity index (χ1) is 12.4. The summed E-state index contributed by atoms with van der Waals surface area (Å²) in [4.78, 5) is 10.1. The predicted octanol–water partition coefficient (Wildman–Crippen LogP) is 2.91. The van der Waals surface area contributed by atoms with Crippen molar-refractivity contribution < 1.29 is 8.42 Å². The highest BCUT2D eigenvalue weighted by Gasteiger charge is 2.06. The lowest BCUT2D eigenvalue weighted by Crippen LogP contribution is -2.23. The van der Waals surface area contributed by atoms with Gasteiger partial charge >= 0.3 is 0 Å². The third-order valence-corrected chi connectivity index (χ3v) is 4.82. The Morgan fingerprint density at radius 2 is 1.96 bits per heavy atom. The molecule has 0 fully saturated rings. The van der Waals surface area contributed by atoms with Crippen LogP contribution in [0.15, 0.2) is 29.4 Å². The SMILES string of the molecule is CCCN(C=NCCc1c[nH]c2ccc(CNS(C)(=O)=O)cc12)CCC. The maximum Gasteiger partial charge on any atom is 0.209 e. The zero-order valence-electron chi connectivity index (χ0n) is 16.0. The number of fused-ring (bicyclic) bond motifs is 1. The first-order valence-corrected chi connectivity index (χ1v) is 11.1. The largest absolute Gasteiger partial charge is 0.363 e. The average molecular weight is 379 g/mol. The number of aromatic amines is 1. The van der Waals surface area contributed by atoms with Gasteiger partial charge in [0.1, 0.15) is 0 Å². The van der Waals surface area contributed by atoms with Crippen molar-refractivity contribution >= 4 is 27.3 Å². The Bertz CT molecular complexity index is 821. The molecule has 0 aliphatic carbocycles. The van der Waals surface area contributed by atoms with Crippen LogP contribution in [0.4, 0.5) is 0 Å². The molecule has 0 radical (unpaired) electrons. The molecular weight excluding hydrogens is 348 g/mol. The Morgan fingerprint density at radius 1 is 1.23 bits per heavy atom. The van der Waals surface area contributed by atoms with Gasteiger partial charge < -0.3 is 9.88 Å². The quantitative estimate of drug-likeness (QED) is 0.466. The molecule has 2 aromatic rings. The van der Waals surface area contributed by atoms with E-state index in [4.69, 9.17) is 0 Å². The van der Waals surface area contributed by atoms with Gasteiger partial charge in [-0.05, 0) is 42.5 Å². The fourth-order valence-electron chi connectivity index (χ4n) is 2.92. The van der Waals surface area contributed by atoms with E-state index in [1.54, 1.807) is 0 Å². The number of aliphatic imine (C=N–C) groups is 1. The van der Waals surface area contributed by atoms with Crippen LogP contribution in [0.2, 0.25) is 0 Å². The Kier molecular flexibility index (Phi) is 7.66. The summed E-state index contributed by atoms with van der Waals surface area (Å²) < 4.78 is 25.1. The number of H-pyrrole nitrogens is 1. The second-order valence-electron chi connectivity index (χ2n) is 6.59. The van der Waals surface area contributed by atoms with Crippen molar-refractivity contribution in [1.29, 1.82) is 0 Å². The van der Waals surface area contributed by atoms with Crippen LogP contribution in [0.5, 0.6) is 0 Å². The molecule has 0 atom stereocenters. The minimum atomic E-state index is -3.19. The number of nitrogens with zero attached hydrogens (tertiary/aromatic N) is 2. The van der Waals surface area contributed by atoms with Crippen molar-refractivity contribution in [3.8, 4) is 0 Å². The lowest BCUT2D eigenvalue weighted by Gasteiger charge is -2.17. The molecule has 0 unspecified atom stereocenters. The number of rotatable bonds is 11. The molecular formula is C19H30N4O2S. The maximum absolute atomic E-state index is 11.3. The molecule has 1 heterocycles. The molecule has 1 aromatic carbocycles. The minimum Gasteiger partial charge on any atom is -0.363 e. The summed E-state index contributed by atoms with van der Waals surface area (Å²) in [6.07, 6.45) is 8.27. The van der Waals surface area contributed by atoms with Crippen molar-refractivity contribution in [3.05, 3.63) is 35.5 Å². The summed E-state index contributed by atoms with van der Waals surface area (Å²) in [5.74, 6) is 0. The van der Waals surface area contributed by atoms with Crippen molar-refractivity contribution in [3.63, 3.8) is 0 Å². The van der Waals surface area contributed by atoms with Gasteiger partial charge in [0.05, 0.1) is 12.6 Å². The smallest absolute Gasteiger partial charge is 0.209 e. The highest BCUT2D eigenvalue weighted by atomic mass is 32.2. The molecule has 0 saturated heterocycles. The van der Waals surface area contributed by atoms with E-state index in [0.717, 1.165) is 55.4 Å². The molecule has 26 heavy (non-hydrogen) atoms. The topological polar surface area (TPSA) is 77.6 Å². The molecule has 0 spiro atoms. The van der Waals surface area contributed by atoms with Gasteiger partial charge in [-0.15, -0.1) is 0 Å². The van der Waals surface area contributed by atoms with E-state index in [-0.39, 0.29) is 0 Å². The zero-order valence-corrected chi connectivity index (χ0v) is 16.8. The summed E-state index contributed by atoms with van der Waals surface area (Å²) >= 11 is 0. The summed E-state index contributed by atoms with van der Waals surface area (Å²) in [5, 5.41) is 1.13. The number of sulfonamides is 1. The first-order valence-electron chi connectivity index (χ1n) is 9.20. The molecule has 144 valence electrons. The van der Waals surface area contributed by atoms with Gasteiger partial charge in [0.2, 0.25) is 10.0 Å². The molecule has 0 amide bonds. The fourth-order valence-corrected chi connectivity index (χ4v) is 3.35. The molecule has 0 aliphatic heterocycles. The molecule has 2 rings (SSSR count). The molecule has 0 aliphatic rings. The summed E-state index contributed by atoms with van der Waals surface area (Å²) in [6, 6.07) is 5.97. The maximum atomic E-state index is 11.3. The predicted molar refractivity (Wildman–Crippen MR) is 109 cm³/mol. The lowest BCUT2D eigenvalue weighted by molar-refractivity contribution is 0.427. The Hall–Kier alpha value is -1.86. The van der Waals surface area contributed by atoms with E-state index in [9.17, 15) is 8.42 Å². The standard InChI is InChI=1S/C19H30N4O2S/c1-4-10-23(11-5-2)15-20-9-8-17-14-21-19-7-6-16(12-18(17)19)13-22-26(3,24)25/h6-7,12,14-15,21-22H,4-5,8-11,13H2,1-3H3. The van der Waals surface area contributed by atoms with E-state index in [0.29, 0.717) is 6.54 Å². The van der Waals surface area contributed by atoms with Crippen LogP contribution in [0, 0.1) is 0 Å². The molecule has 2 N–H and O–H groups in total. The Balaban J connectivity index is 2.00. The van der Waals surface area contributed by atoms with Crippen LogP contribution >= 0.6 is 0 Å². The van der Waals surface area contributed by atoms with E-state index in [1.807, 2.05) is 30.7 Å². The number of benzene rings is 1. The second kappa shape index (κ2) is 9.73. The zero-order chi connectivity index (χ0) is 19.0. The summed E-state index contributed by atoms with van der Waals surface area (Å²) in [6.45, 7) is 7.49. The van der Waals surface area contributed by atoms with Gasteiger partial charge in [0.25, 0.3) is 0 Å². The Morgan fingerprint density at radius 3 is 2.62 bits per heavy atom. The van der Waals surface area contributed by atoms with E-state index < -0.39 is 10.0 Å². The van der Waals surface area contributed by atoms with E-state index >= 15 is 0 Å². The highest BCUT2D eigenvalue weighted by Crippen LogP contribution is 2.20. The van der Waals surface area contributed by atoms with Gasteiger partial charge in [0, 0.05) is 43.3 Å². The van der Waals surface area contributed by atoms with Crippen LogP contribution in [-0.4, -0.2) is 50.5 Å². The summed E-state index contributed by atoms with van der Waals surface area (Å²) in [5.41, 5.74) is 3.21. The molecule has 1 aromatic heterocycles. The highest BCUT2D eigenvalue weighted by molar-refractivity contribution is 7.88. The molecule has 6 nitrogen and oxygen atoms in total. The monoisotopic (exact) mass is 378 g/mol. The van der Waals surface area contributed by atoms with Crippen molar-refractivity contribution in [2.24, 2.45) is 4.99 Å². The molecule has 0 bridgehead atoms. The minimum absolute atomic E-state index is 0.306. The van der Waals surface area contributed by atoms with E-state index in [1.165, 1.54) is 11.8 Å². The average Bonchev–Trinajstić information content (AvgIpc) is 2.99. The van der Waals surface area contributed by atoms with Gasteiger partial charge in [-0.25, -0.2) is 13.1 Å². The van der Waals surface area contributed by atoms with Crippen molar-refractivity contribution in [2.75, 3.05) is 25.9 Å². The molecule has 7 heteroatoms. The lowest BCUT2D eigenvalue weighted by atomic mass is 10.1. The van der Waals surface area contributed by atoms with Crippen LogP contribution in [-0.2, 0) is 23.0 Å². The molecule has 0 saturated carbocycles. The normalized spacial score (nSPS) is 12.3. The van der Waals surface area contributed by atoms with Gasteiger partial charge in [-0.3, -0.25) is 4.99 Å². The van der Waals surface area contributed by atoms with Gasteiger partial charge in [-0.2, -0.15) is 0 Å². The fraction of sp³-hybridized carbons (Fsp3) is 0.526. The van der Waals surface area contributed by atoms with Crippen LogP contribution in [0.25, 0.3) is 10.9 Å². The van der Waals surface area contributed by atoms with Crippen LogP contribution in [0.3, 0.4) is 0 Å². The van der Waals surface area contributed by atoms with Crippen molar-refractivity contribution in [1.82, 2.24) is 14.6 Å². The second-order valence-corrected chi connectivity index (χ2v) is 8.43. The van der Waals surface area contributed by atoms with Gasteiger partial charge in [-0.1, -0.05) is 19.9 Å². The first kappa shape index (κ1) is 20.5. The number of hydrogen-bond donors (Lipinski definition) is 2. The van der Waals surface area contributed by atoms with Gasteiger partial charge in [0.15, 0.2) is 0 Å². The van der Waals surface area contributed by atoms with Crippen molar-refractivity contribution in [2.45, 2.75) is 39.7 Å². The number of hydrogen-bond acceptors (Lipinski definition) is 3. The third kappa shape index (κ3) is 6.46. The number of aromatic nitrogens is 1. The van der Waals surface area contributed by atoms with Crippen LogP contribution in [0.1, 0.15) is 37.8 Å². The van der Waals surface area contributed by atoms with E-state index in [2.05, 4.69) is 33.4 Å². The third-order valence-electron chi connectivity index (χ3n) is 4.15. The summed E-state index contributed by atoms with van der Waals surface area (Å²) in [7, 11) is -3.19. The van der Waals surface area contributed by atoms with Crippen LogP contribution < -0.4 is 4.72 Å². The Labute approximate surface area is 156 Å².